The Labute approximate surface area is 167 Å². The maximum absolute atomic E-state index is 12.4. The van der Waals surface area contributed by atoms with Gasteiger partial charge in [-0.15, -0.1) is 0 Å². The molecule has 0 spiro atoms. The number of carbonyl (C=O) groups is 1. The topological polar surface area (TPSA) is 54.0 Å². The smallest absolute Gasteiger partial charge is 0.258 e. The average Bonchev–Trinajstić information content (AvgIpc) is 2.74. The van der Waals surface area contributed by atoms with Crippen LogP contribution < -0.4 is 14.8 Å². The molecule has 0 aliphatic carbocycles. The predicted molar refractivity (Wildman–Crippen MR) is 110 cm³/mol. The molecular formula is C22H29N3O3. The predicted octanol–water partition coefficient (Wildman–Crippen LogP) is 2.18. The zero-order chi connectivity index (χ0) is 19.8. The van der Waals surface area contributed by atoms with Gasteiger partial charge in [-0.25, -0.2) is 0 Å². The van der Waals surface area contributed by atoms with Gasteiger partial charge in [0.05, 0.1) is 13.2 Å². The summed E-state index contributed by atoms with van der Waals surface area (Å²) in [5.41, 5.74) is 1.22. The molecular weight excluding hydrogens is 354 g/mol. The van der Waals surface area contributed by atoms with Crippen LogP contribution in [0.2, 0.25) is 0 Å². The van der Waals surface area contributed by atoms with Crippen LogP contribution in [0.4, 0.5) is 0 Å². The molecule has 1 saturated heterocycles. The number of rotatable bonds is 8. The minimum atomic E-state index is -0.138. The molecule has 6 nitrogen and oxygen atoms in total. The highest BCUT2D eigenvalue weighted by Crippen LogP contribution is 2.25. The summed E-state index contributed by atoms with van der Waals surface area (Å²) in [7, 11) is 3.73. The Morgan fingerprint density at radius 1 is 1.00 bits per heavy atom. The second-order valence-electron chi connectivity index (χ2n) is 7.01. The third-order valence-electron chi connectivity index (χ3n) is 5.08. The molecule has 0 bridgehead atoms. The fraction of sp³-hybridized carbons (Fsp3) is 0.409. The Morgan fingerprint density at radius 2 is 1.64 bits per heavy atom. The van der Waals surface area contributed by atoms with E-state index >= 15 is 0 Å². The van der Waals surface area contributed by atoms with Gasteiger partial charge < -0.3 is 19.7 Å². The maximum atomic E-state index is 12.4. The number of nitrogens with zero attached hydrogens (tertiary/aromatic N) is 2. The average molecular weight is 383 g/mol. The van der Waals surface area contributed by atoms with E-state index in [4.69, 9.17) is 9.47 Å². The molecule has 2 aromatic carbocycles. The van der Waals surface area contributed by atoms with Gasteiger partial charge in [-0.05, 0) is 24.7 Å². The number of carbonyl (C=O) groups excluding carboxylic acids is 1. The van der Waals surface area contributed by atoms with E-state index in [1.165, 1.54) is 5.56 Å². The lowest BCUT2D eigenvalue weighted by Gasteiger charge is -2.38. The largest absolute Gasteiger partial charge is 0.493 e. The van der Waals surface area contributed by atoms with Crippen molar-refractivity contribution in [3.8, 4) is 11.5 Å². The third-order valence-corrected chi connectivity index (χ3v) is 5.08. The van der Waals surface area contributed by atoms with Gasteiger partial charge in [0, 0.05) is 32.7 Å². The van der Waals surface area contributed by atoms with Crippen LogP contribution in [0.15, 0.2) is 54.6 Å². The summed E-state index contributed by atoms with van der Waals surface area (Å²) in [6.07, 6.45) is 0. The van der Waals surface area contributed by atoms with Gasteiger partial charge in [0.1, 0.15) is 0 Å². The Hall–Kier alpha value is -2.57. The summed E-state index contributed by atoms with van der Waals surface area (Å²) >= 11 is 0. The first-order valence-electron chi connectivity index (χ1n) is 9.67. The number of nitrogens with one attached hydrogen (secondary N) is 1. The number of benzene rings is 2. The van der Waals surface area contributed by atoms with Crippen molar-refractivity contribution in [1.29, 1.82) is 0 Å². The molecule has 1 N–H and O–H groups in total. The minimum absolute atomic E-state index is 0.0371. The van der Waals surface area contributed by atoms with Crippen molar-refractivity contribution in [3.63, 3.8) is 0 Å². The first kappa shape index (κ1) is 20.2. The minimum Gasteiger partial charge on any atom is -0.493 e. The highest BCUT2D eigenvalue weighted by Gasteiger charge is 2.24. The van der Waals surface area contributed by atoms with Crippen LogP contribution in [0.5, 0.6) is 11.5 Å². The number of amides is 1. The van der Waals surface area contributed by atoms with Crippen LogP contribution in [0, 0.1) is 0 Å². The summed E-state index contributed by atoms with van der Waals surface area (Å²) in [6, 6.07) is 17.8. The number of hydrogen-bond donors (Lipinski definition) is 1. The van der Waals surface area contributed by atoms with Crippen LogP contribution in [-0.4, -0.2) is 69.2 Å². The lowest BCUT2D eigenvalue weighted by atomic mass is 10.0. The molecule has 1 fully saturated rings. The molecule has 28 heavy (non-hydrogen) atoms. The molecule has 1 aliphatic rings. The highest BCUT2D eigenvalue weighted by molar-refractivity contribution is 5.77. The van der Waals surface area contributed by atoms with Crippen molar-refractivity contribution in [1.82, 2.24) is 15.1 Å². The Kier molecular flexibility index (Phi) is 7.28. The van der Waals surface area contributed by atoms with Crippen LogP contribution in [0.1, 0.15) is 11.6 Å². The van der Waals surface area contributed by atoms with Crippen molar-refractivity contribution in [2.24, 2.45) is 0 Å². The lowest BCUT2D eigenvalue weighted by Crippen LogP contribution is -2.48. The van der Waals surface area contributed by atoms with E-state index in [-0.39, 0.29) is 18.6 Å². The van der Waals surface area contributed by atoms with Crippen LogP contribution in [-0.2, 0) is 4.79 Å². The van der Waals surface area contributed by atoms with Crippen molar-refractivity contribution in [3.05, 3.63) is 60.2 Å². The van der Waals surface area contributed by atoms with Gasteiger partial charge in [0.25, 0.3) is 5.91 Å². The summed E-state index contributed by atoms with van der Waals surface area (Å²) in [5, 5.41) is 3.04. The molecule has 1 amide bonds. The summed E-state index contributed by atoms with van der Waals surface area (Å²) in [5.74, 6) is 1.05. The molecule has 0 aromatic heterocycles. The van der Waals surface area contributed by atoms with Crippen molar-refractivity contribution in [2.45, 2.75) is 6.04 Å². The van der Waals surface area contributed by atoms with Gasteiger partial charge in [-0.3, -0.25) is 9.69 Å². The molecule has 1 atom stereocenters. The van der Waals surface area contributed by atoms with E-state index < -0.39 is 0 Å². The number of piperazine rings is 1. The molecule has 1 aliphatic heterocycles. The molecule has 2 aromatic rings. The number of ether oxygens (including phenoxy) is 2. The van der Waals surface area contributed by atoms with Gasteiger partial charge in [-0.1, -0.05) is 42.5 Å². The summed E-state index contributed by atoms with van der Waals surface area (Å²) in [6.45, 7) is 4.57. The van der Waals surface area contributed by atoms with Crippen molar-refractivity contribution < 1.29 is 14.3 Å². The van der Waals surface area contributed by atoms with E-state index in [0.717, 1.165) is 26.2 Å². The van der Waals surface area contributed by atoms with Crippen LogP contribution >= 0.6 is 0 Å². The summed E-state index contributed by atoms with van der Waals surface area (Å²) < 4.78 is 10.9. The van der Waals surface area contributed by atoms with E-state index in [9.17, 15) is 4.79 Å². The quantitative estimate of drug-likeness (QED) is 0.757. The Bertz CT molecular complexity index is 746. The van der Waals surface area contributed by atoms with Crippen molar-refractivity contribution in [2.75, 3.05) is 53.5 Å². The van der Waals surface area contributed by atoms with Gasteiger partial charge >= 0.3 is 0 Å². The van der Waals surface area contributed by atoms with Gasteiger partial charge in [0.15, 0.2) is 18.1 Å². The lowest BCUT2D eigenvalue weighted by molar-refractivity contribution is -0.123. The first-order valence-corrected chi connectivity index (χ1v) is 9.67. The zero-order valence-corrected chi connectivity index (χ0v) is 16.6. The standard InChI is InChI=1S/C22H29N3O3/c1-24-12-14-25(15-13-24)19(18-8-4-3-5-9-18)16-23-22(26)17-28-21-11-7-6-10-20(21)27-2/h3-11,19H,12-17H2,1-2H3,(H,23,26). The second kappa shape index (κ2) is 10.1. The fourth-order valence-electron chi connectivity index (χ4n) is 3.41. The van der Waals surface area contributed by atoms with Gasteiger partial charge in [0.2, 0.25) is 0 Å². The fourth-order valence-corrected chi connectivity index (χ4v) is 3.41. The maximum Gasteiger partial charge on any atom is 0.258 e. The number of hydrogen-bond acceptors (Lipinski definition) is 5. The van der Waals surface area contributed by atoms with E-state index in [0.29, 0.717) is 18.0 Å². The molecule has 0 saturated carbocycles. The van der Waals surface area contributed by atoms with Crippen molar-refractivity contribution >= 4 is 5.91 Å². The second-order valence-corrected chi connectivity index (χ2v) is 7.01. The normalized spacial score (nSPS) is 16.4. The Morgan fingerprint density at radius 3 is 2.32 bits per heavy atom. The first-order chi connectivity index (χ1) is 13.7. The molecule has 6 heteroatoms. The summed E-state index contributed by atoms with van der Waals surface area (Å²) in [4.78, 5) is 17.2. The number of para-hydroxylation sites is 2. The SMILES string of the molecule is COc1ccccc1OCC(=O)NCC(c1ccccc1)N1CCN(C)CC1. The molecule has 3 rings (SSSR count). The third kappa shape index (κ3) is 5.47. The molecule has 1 unspecified atom stereocenters. The zero-order valence-electron chi connectivity index (χ0n) is 16.6. The molecule has 150 valence electrons. The highest BCUT2D eigenvalue weighted by atomic mass is 16.5. The monoisotopic (exact) mass is 383 g/mol. The van der Waals surface area contributed by atoms with E-state index in [1.54, 1.807) is 13.2 Å². The van der Waals surface area contributed by atoms with E-state index in [1.807, 2.05) is 36.4 Å². The molecule has 0 radical (unpaired) electrons. The van der Waals surface area contributed by atoms with Crippen LogP contribution in [0.3, 0.4) is 0 Å². The van der Waals surface area contributed by atoms with Gasteiger partial charge in [-0.2, -0.15) is 0 Å². The van der Waals surface area contributed by atoms with E-state index in [2.05, 4.69) is 34.3 Å². The van der Waals surface area contributed by atoms with Crippen LogP contribution in [0.25, 0.3) is 0 Å². The molecule has 1 heterocycles. The Balaban J connectivity index is 1.57. The number of methoxy groups -OCH3 is 1. The number of likely N-dealkylation sites (N-methyl/N-ethyl adjacent to an activating group) is 1.